The zero-order valence-corrected chi connectivity index (χ0v) is 17.2. The molecule has 0 saturated carbocycles. The Morgan fingerprint density at radius 1 is 0.467 bits per heavy atom. The minimum atomic E-state index is 0.824. The van der Waals surface area contributed by atoms with Gasteiger partial charge in [0.05, 0.1) is 21.3 Å². The molecule has 0 unspecified atom stereocenters. The maximum Gasteiger partial charge on any atom is 0.134 e. The van der Waals surface area contributed by atoms with Crippen LogP contribution in [0.2, 0.25) is 0 Å². The normalized spacial score (nSPS) is 11.2. The molecule has 0 atom stereocenters. The van der Waals surface area contributed by atoms with Crippen LogP contribution in [0.1, 0.15) is 0 Å². The van der Waals surface area contributed by atoms with E-state index in [1.807, 2.05) is 24.3 Å². The molecule has 0 amide bonds. The van der Waals surface area contributed by atoms with Crippen LogP contribution in [-0.2, 0) is 0 Å². The van der Waals surface area contributed by atoms with Gasteiger partial charge in [0, 0.05) is 32.7 Å². The summed E-state index contributed by atoms with van der Waals surface area (Å²) in [5.74, 6) is 2.55. The van der Waals surface area contributed by atoms with Gasteiger partial charge in [0.25, 0.3) is 0 Å². The number of fused-ring (bicyclic) bond motifs is 3. The second-order valence-electron chi connectivity index (χ2n) is 7.20. The summed E-state index contributed by atoms with van der Waals surface area (Å²) in [5.41, 5.74) is 2.12. The van der Waals surface area contributed by atoms with Crippen molar-refractivity contribution >= 4 is 32.3 Å². The predicted octanol–water partition coefficient (Wildman–Crippen LogP) is 6.84. The molecule has 3 heteroatoms. The molecule has 0 aliphatic carbocycles. The summed E-state index contributed by atoms with van der Waals surface area (Å²) in [5, 5.41) is 6.43. The molecule has 0 heterocycles. The molecule has 3 nitrogen and oxygen atoms in total. The standard InChI is InChI=1S/C27H22O3/c1-28-24-16-23(27(30-3)20-13-7-4-10-17(20)24)25-18-11-5-8-14-21(18)26(29-2)22-15-9-6-12-19(22)25/h4-16H,1-3H3. The van der Waals surface area contributed by atoms with Crippen molar-refractivity contribution in [1.29, 1.82) is 0 Å². The number of rotatable bonds is 4. The van der Waals surface area contributed by atoms with E-state index in [-0.39, 0.29) is 0 Å². The third-order valence-corrected chi connectivity index (χ3v) is 5.74. The maximum atomic E-state index is 5.98. The quantitative estimate of drug-likeness (QED) is 0.312. The Kier molecular flexibility index (Phi) is 4.44. The highest BCUT2D eigenvalue weighted by Crippen LogP contribution is 2.49. The molecule has 0 aromatic heterocycles. The van der Waals surface area contributed by atoms with Crippen LogP contribution < -0.4 is 14.2 Å². The first-order valence-corrected chi connectivity index (χ1v) is 9.90. The monoisotopic (exact) mass is 394 g/mol. The van der Waals surface area contributed by atoms with Crippen LogP contribution in [0.25, 0.3) is 43.4 Å². The highest BCUT2D eigenvalue weighted by molar-refractivity contribution is 6.19. The molecule has 0 aliphatic rings. The third-order valence-electron chi connectivity index (χ3n) is 5.74. The number of hydrogen-bond donors (Lipinski definition) is 0. The van der Waals surface area contributed by atoms with Gasteiger partial charge in [-0.2, -0.15) is 0 Å². The Bertz CT molecular complexity index is 1350. The SMILES string of the molecule is COc1cc(-c2c3ccccc3c(OC)c3ccccc23)c(OC)c2ccccc12. The van der Waals surface area contributed by atoms with Crippen molar-refractivity contribution in [3.63, 3.8) is 0 Å². The average molecular weight is 394 g/mol. The van der Waals surface area contributed by atoms with Crippen molar-refractivity contribution in [3.8, 4) is 28.4 Å². The van der Waals surface area contributed by atoms with Gasteiger partial charge in [-0.3, -0.25) is 0 Å². The molecule has 5 aromatic rings. The minimum absolute atomic E-state index is 0.824. The van der Waals surface area contributed by atoms with E-state index in [0.717, 1.165) is 60.7 Å². The number of methoxy groups -OCH3 is 3. The molecule has 0 bridgehead atoms. The Hall–Kier alpha value is -3.72. The molecule has 148 valence electrons. The summed E-state index contributed by atoms with van der Waals surface area (Å²) in [6.45, 7) is 0. The summed E-state index contributed by atoms with van der Waals surface area (Å²) in [4.78, 5) is 0. The lowest BCUT2D eigenvalue weighted by Gasteiger charge is -2.20. The maximum absolute atomic E-state index is 5.98. The first-order chi connectivity index (χ1) is 14.8. The van der Waals surface area contributed by atoms with Gasteiger partial charge in [-0.05, 0) is 16.8 Å². The third kappa shape index (κ3) is 2.59. The molecule has 0 aliphatic heterocycles. The summed E-state index contributed by atoms with van der Waals surface area (Å²) in [7, 11) is 5.17. The zero-order valence-electron chi connectivity index (χ0n) is 17.2. The van der Waals surface area contributed by atoms with Crippen molar-refractivity contribution < 1.29 is 14.2 Å². The van der Waals surface area contributed by atoms with E-state index >= 15 is 0 Å². The molecule has 0 spiro atoms. The molecule has 0 radical (unpaired) electrons. The van der Waals surface area contributed by atoms with Crippen LogP contribution in [-0.4, -0.2) is 21.3 Å². The second-order valence-corrected chi connectivity index (χ2v) is 7.20. The van der Waals surface area contributed by atoms with E-state index in [1.165, 1.54) is 0 Å². The Morgan fingerprint density at radius 2 is 0.900 bits per heavy atom. The van der Waals surface area contributed by atoms with E-state index < -0.39 is 0 Å². The van der Waals surface area contributed by atoms with Crippen LogP contribution in [0, 0.1) is 0 Å². The summed E-state index contributed by atoms with van der Waals surface area (Å²) in [6.07, 6.45) is 0. The zero-order chi connectivity index (χ0) is 20.7. The van der Waals surface area contributed by atoms with E-state index in [9.17, 15) is 0 Å². The van der Waals surface area contributed by atoms with Gasteiger partial charge in [-0.15, -0.1) is 0 Å². The molecule has 0 saturated heterocycles. The number of benzene rings is 5. The van der Waals surface area contributed by atoms with Gasteiger partial charge in [0.15, 0.2) is 0 Å². The Morgan fingerprint density at radius 3 is 1.37 bits per heavy atom. The van der Waals surface area contributed by atoms with Gasteiger partial charge < -0.3 is 14.2 Å². The average Bonchev–Trinajstić information content (AvgIpc) is 2.81. The number of ether oxygens (including phenoxy) is 3. The molecule has 0 N–H and O–H groups in total. The fraction of sp³-hybridized carbons (Fsp3) is 0.111. The Balaban J connectivity index is 2.03. The number of hydrogen-bond acceptors (Lipinski definition) is 3. The summed E-state index contributed by atoms with van der Waals surface area (Å²) >= 11 is 0. The van der Waals surface area contributed by atoms with Gasteiger partial charge in [0.1, 0.15) is 17.2 Å². The van der Waals surface area contributed by atoms with Crippen LogP contribution in [0.15, 0.2) is 78.9 Å². The molecular formula is C27H22O3. The first kappa shape index (κ1) is 18.3. The lowest BCUT2D eigenvalue weighted by atomic mass is 9.89. The van der Waals surface area contributed by atoms with E-state index in [0.29, 0.717) is 0 Å². The minimum Gasteiger partial charge on any atom is -0.496 e. The van der Waals surface area contributed by atoms with Crippen molar-refractivity contribution in [1.82, 2.24) is 0 Å². The topological polar surface area (TPSA) is 27.7 Å². The summed E-state index contributed by atoms with van der Waals surface area (Å²) in [6, 6.07) is 27.0. The smallest absolute Gasteiger partial charge is 0.134 e. The van der Waals surface area contributed by atoms with Crippen LogP contribution >= 0.6 is 0 Å². The van der Waals surface area contributed by atoms with Gasteiger partial charge in [-0.25, -0.2) is 0 Å². The highest BCUT2D eigenvalue weighted by Gasteiger charge is 2.21. The largest absolute Gasteiger partial charge is 0.496 e. The van der Waals surface area contributed by atoms with Gasteiger partial charge in [0.2, 0.25) is 0 Å². The lowest BCUT2D eigenvalue weighted by molar-refractivity contribution is 0.412. The van der Waals surface area contributed by atoms with Crippen molar-refractivity contribution in [2.45, 2.75) is 0 Å². The predicted molar refractivity (Wildman–Crippen MR) is 124 cm³/mol. The molecule has 5 rings (SSSR count). The highest BCUT2D eigenvalue weighted by atomic mass is 16.5. The molecule has 5 aromatic carbocycles. The Labute approximate surface area is 175 Å². The van der Waals surface area contributed by atoms with Gasteiger partial charge in [-0.1, -0.05) is 72.8 Å². The second kappa shape index (κ2) is 7.27. The van der Waals surface area contributed by atoms with E-state index in [2.05, 4.69) is 54.6 Å². The van der Waals surface area contributed by atoms with E-state index in [1.54, 1.807) is 21.3 Å². The summed E-state index contributed by atoms with van der Waals surface area (Å²) < 4.78 is 17.6. The van der Waals surface area contributed by atoms with Crippen LogP contribution in [0.3, 0.4) is 0 Å². The molecule has 0 fully saturated rings. The van der Waals surface area contributed by atoms with Crippen LogP contribution in [0.5, 0.6) is 17.2 Å². The lowest BCUT2D eigenvalue weighted by Crippen LogP contribution is -1.96. The van der Waals surface area contributed by atoms with Crippen molar-refractivity contribution in [2.75, 3.05) is 21.3 Å². The van der Waals surface area contributed by atoms with Gasteiger partial charge >= 0.3 is 0 Å². The van der Waals surface area contributed by atoms with Crippen LogP contribution in [0.4, 0.5) is 0 Å². The van der Waals surface area contributed by atoms with Crippen molar-refractivity contribution in [3.05, 3.63) is 78.9 Å². The molecule has 30 heavy (non-hydrogen) atoms. The van der Waals surface area contributed by atoms with E-state index in [4.69, 9.17) is 14.2 Å². The first-order valence-electron chi connectivity index (χ1n) is 9.90. The molecular weight excluding hydrogens is 372 g/mol. The van der Waals surface area contributed by atoms with Crippen molar-refractivity contribution in [2.24, 2.45) is 0 Å². The fourth-order valence-corrected chi connectivity index (χ4v) is 4.49. The fourth-order valence-electron chi connectivity index (χ4n) is 4.49.